The molecule has 0 saturated heterocycles. The molecule has 0 N–H and O–H groups in total. The van der Waals surface area contributed by atoms with E-state index in [-0.39, 0.29) is 0 Å². The minimum Gasteiger partial charge on any atom is -0.493 e. The van der Waals surface area contributed by atoms with Gasteiger partial charge in [0.15, 0.2) is 11.5 Å². The van der Waals surface area contributed by atoms with Gasteiger partial charge in [0.05, 0.1) is 30.2 Å². The van der Waals surface area contributed by atoms with E-state index >= 15 is 0 Å². The highest BCUT2D eigenvalue weighted by Crippen LogP contribution is 2.39. The Hall–Kier alpha value is -1.51. The number of ether oxygens (including phenoxy) is 3. The van der Waals surface area contributed by atoms with Gasteiger partial charge < -0.3 is 14.2 Å². The summed E-state index contributed by atoms with van der Waals surface area (Å²) < 4.78 is 52.1. The molecule has 1 atom stereocenters. The highest BCUT2D eigenvalue weighted by Gasteiger charge is 2.36. The van der Waals surface area contributed by atoms with Crippen molar-refractivity contribution in [3.8, 4) is 11.5 Å². The van der Waals surface area contributed by atoms with Crippen LogP contribution in [0.2, 0.25) is 0 Å². The lowest BCUT2D eigenvalue weighted by atomic mass is 10.0. The Balaban J connectivity index is 2.47. The molecular formula is C12H13ClO7. The van der Waals surface area contributed by atoms with E-state index < -0.39 is 16.5 Å². The van der Waals surface area contributed by atoms with Crippen LogP contribution in [0.25, 0.3) is 6.08 Å². The molecule has 1 unspecified atom stereocenters. The van der Waals surface area contributed by atoms with Crippen LogP contribution < -0.4 is 23.5 Å². The van der Waals surface area contributed by atoms with E-state index in [2.05, 4.69) is 4.29 Å². The summed E-state index contributed by atoms with van der Waals surface area (Å²) in [7, 11) is -1.70. The molecule has 0 amide bonds. The summed E-state index contributed by atoms with van der Waals surface area (Å²) in [4.78, 5) is 0. The maximum absolute atomic E-state index is 10.7. The zero-order chi connectivity index (χ0) is 14.9. The Labute approximate surface area is 117 Å². The van der Waals surface area contributed by atoms with Crippen molar-refractivity contribution in [3.05, 3.63) is 29.0 Å². The van der Waals surface area contributed by atoms with E-state index in [9.17, 15) is 14.0 Å². The third kappa shape index (κ3) is 3.14. The normalized spacial score (nSPS) is 17.9. The van der Waals surface area contributed by atoms with Gasteiger partial charge in [-0.1, -0.05) is 0 Å². The molecule has 1 aromatic rings. The summed E-state index contributed by atoms with van der Waals surface area (Å²) in [6.45, 7) is 1.62. The summed E-state index contributed by atoms with van der Waals surface area (Å²) in [6.07, 6.45) is 0.324. The highest BCUT2D eigenvalue weighted by atomic mass is 35.7. The molecular weight excluding hydrogens is 292 g/mol. The molecule has 8 heteroatoms. The summed E-state index contributed by atoms with van der Waals surface area (Å²) in [5, 5.41) is 0. The first-order chi connectivity index (χ1) is 9.34. The first-order valence-electron chi connectivity index (χ1n) is 5.54. The van der Waals surface area contributed by atoms with Gasteiger partial charge in [-0.05, 0) is 30.7 Å². The Morgan fingerprint density at radius 3 is 2.25 bits per heavy atom. The van der Waals surface area contributed by atoms with E-state index in [1.807, 2.05) is 0 Å². The Bertz CT molecular complexity index is 535. The zero-order valence-electron chi connectivity index (χ0n) is 11.0. The smallest absolute Gasteiger partial charge is 0.379 e. The molecule has 0 bridgehead atoms. The maximum atomic E-state index is 10.7. The lowest BCUT2D eigenvalue weighted by molar-refractivity contribution is -1.92. The monoisotopic (exact) mass is 304 g/mol. The maximum Gasteiger partial charge on any atom is 0.379 e. The number of halogens is 1. The van der Waals surface area contributed by atoms with Gasteiger partial charge >= 0.3 is 6.29 Å². The van der Waals surface area contributed by atoms with Gasteiger partial charge in [-0.25, -0.2) is 0 Å². The summed E-state index contributed by atoms with van der Waals surface area (Å²) in [5.41, 5.74) is 0.982. The third-order valence-corrected chi connectivity index (χ3v) is 3.06. The number of hydrogen-bond acceptors (Lipinski definition) is 7. The van der Waals surface area contributed by atoms with E-state index in [1.165, 1.54) is 20.3 Å². The first-order valence-corrected chi connectivity index (χ1v) is 6.77. The van der Waals surface area contributed by atoms with Crippen molar-refractivity contribution in [2.75, 3.05) is 14.2 Å². The summed E-state index contributed by atoms with van der Waals surface area (Å²) in [6, 6.07) is 3.15. The second-order valence-electron chi connectivity index (χ2n) is 4.01. The Kier molecular flexibility index (Phi) is 4.07. The van der Waals surface area contributed by atoms with Crippen LogP contribution in [-0.4, -0.2) is 14.2 Å². The molecule has 1 aromatic carbocycles. The summed E-state index contributed by atoms with van der Waals surface area (Å²) in [5.74, 6) is 1.25. The Morgan fingerprint density at radius 1 is 1.10 bits per heavy atom. The molecule has 0 radical (unpaired) electrons. The van der Waals surface area contributed by atoms with Crippen LogP contribution in [0.1, 0.15) is 24.3 Å². The van der Waals surface area contributed by atoms with Crippen LogP contribution in [0.3, 0.4) is 0 Å². The average Bonchev–Trinajstić information content (AvgIpc) is 2.35. The van der Waals surface area contributed by atoms with Crippen LogP contribution in [-0.2, 0) is 9.03 Å². The fourth-order valence-corrected chi connectivity index (χ4v) is 2.22. The SMILES string of the molecule is COc1cc2c(cc1OC)C(O[Cl+3]([O-])([O-])[O-])OC(C)=C2. The molecule has 0 aromatic heterocycles. The largest absolute Gasteiger partial charge is 0.493 e. The van der Waals surface area contributed by atoms with Crippen molar-refractivity contribution < 1.29 is 42.7 Å². The van der Waals surface area contributed by atoms with Crippen molar-refractivity contribution in [3.63, 3.8) is 0 Å². The minimum absolute atomic E-state index is 0.361. The van der Waals surface area contributed by atoms with Gasteiger partial charge in [0.1, 0.15) is 4.29 Å². The Morgan fingerprint density at radius 2 is 1.70 bits per heavy atom. The quantitative estimate of drug-likeness (QED) is 0.703. The standard InChI is InChI=1S/C12H13ClO7/c1-7-4-8-5-10(17-2)11(18-3)6-9(8)12(19-7)20-13(14,15)16/h4-6,12H,1-3H3. The number of methoxy groups -OCH3 is 2. The third-order valence-electron chi connectivity index (χ3n) is 2.68. The zero-order valence-corrected chi connectivity index (χ0v) is 11.8. The molecule has 0 aliphatic carbocycles. The van der Waals surface area contributed by atoms with Gasteiger partial charge in [0.2, 0.25) is 0 Å². The first kappa shape index (κ1) is 14.9. The molecule has 1 aliphatic rings. The minimum atomic E-state index is -4.62. The molecule has 2 rings (SSSR count). The van der Waals surface area contributed by atoms with Crippen LogP contribution >= 0.6 is 0 Å². The van der Waals surface area contributed by atoms with Gasteiger partial charge in [0, 0.05) is 5.56 Å². The molecule has 0 fully saturated rings. The van der Waals surface area contributed by atoms with Crippen molar-refractivity contribution in [1.29, 1.82) is 0 Å². The number of rotatable bonds is 4. The van der Waals surface area contributed by atoms with Gasteiger partial charge in [-0.2, -0.15) is 14.0 Å². The van der Waals surface area contributed by atoms with E-state index in [0.717, 1.165) is 0 Å². The number of allylic oxidation sites excluding steroid dienone is 1. The van der Waals surface area contributed by atoms with Crippen LogP contribution in [0.4, 0.5) is 0 Å². The van der Waals surface area contributed by atoms with E-state index in [0.29, 0.717) is 28.4 Å². The molecule has 0 spiro atoms. The van der Waals surface area contributed by atoms with Gasteiger partial charge in [-0.3, -0.25) is 0 Å². The lowest BCUT2D eigenvalue weighted by Crippen LogP contribution is -2.61. The number of benzene rings is 1. The van der Waals surface area contributed by atoms with Crippen molar-refractivity contribution in [1.82, 2.24) is 0 Å². The van der Waals surface area contributed by atoms with Crippen molar-refractivity contribution in [2.24, 2.45) is 0 Å². The highest BCUT2D eigenvalue weighted by molar-refractivity contribution is 5.63. The van der Waals surface area contributed by atoms with E-state index in [1.54, 1.807) is 19.1 Å². The molecule has 1 aliphatic heterocycles. The molecule has 110 valence electrons. The lowest BCUT2D eigenvalue weighted by Gasteiger charge is -2.24. The fourth-order valence-electron chi connectivity index (χ4n) is 1.89. The summed E-state index contributed by atoms with van der Waals surface area (Å²) >= 11 is 0. The molecule has 0 saturated carbocycles. The van der Waals surface area contributed by atoms with Gasteiger partial charge in [0.25, 0.3) is 0 Å². The predicted octanol–water partition coefficient (Wildman–Crippen LogP) is -0.993. The molecule has 20 heavy (non-hydrogen) atoms. The topological polar surface area (TPSA) is 106 Å². The van der Waals surface area contributed by atoms with Crippen LogP contribution in [0.5, 0.6) is 11.5 Å². The predicted molar refractivity (Wildman–Crippen MR) is 58.1 cm³/mol. The second-order valence-corrected chi connectivity index (χ2v) is 4.94. The van der Waals surface area contributed by atoms with Gasteiger partial charge in [-0.15, -0.1) is 0 Å². The molecule has 7 nitrogen and oxygen atoms in total. The second kappa shape index (κ2) is 5.47. The van der Waals surface area contributed by atoms with Crippen LogP contribution in [0.15, 0.2) is 17.9 Å². The molecule has 1 heterocycles. The van der Waals surface area contributed by atoms with Crippen LogP contribution in [0, 0.1) is 10.2 Å². The van der Waals surface area contributed by atoms with E-state index in [4.69, 9.17) is 14.2 Å². The van der Waals surface area contributed by atoms with Crippen molar-refractivity contribution >= 4 is 6.08 Å². The average molecular weight is 305 g/mol. The fraction of sp³-hybridized carbons (Fsp3) is 0.333. The van der Waals surface area contributed by atoms with Crippen molar-refractivity contribution in [2.45, 2.75) is 13.2 Å². The number of hydrogen-bond donors (Lipinski definition) is 0. The number of fused-ring (bicyclic) bond motifs is 1.